The van der Waals surface area contributed by atoms with Crippen LogP contribution in [0.15, 0.2) is 53.3 Å². The van der Waals surface area contributed by atoms with Gasteiger partial charge >= 0.3 is 6.61 Å². The van der Waals surface area contributed by atoms with Crippen LogP contribution < -0.4 is 10.3 Å². The molecule has 0 saturated carbocycles. The van der Waals surface area contributed by atoms with Crippen molar-refractivity contribution >= 4 is 16.8 Å². The Hall–Kier alpha value is -3.29. The predicted molar refractivity (Wildman–Crippen MR) is 95.9 cm³/mol. The first-order chi connectivity index (χ1) is 13.0. The first-order valence-electron chi connectivity index (χ1n) is 8.30. The van der Waals surface area contributed by atoms with E-state index in [2.05, 4.69) is 14.7 Å². The summed E-state index contributed by atoms with van der Waals surface area (Å²) in [5, 5.41) is 0.477. The Bertz CT molecular complexity index is 1000. The normalized spacial score (nSPS) is 11.0. The average Bonchev–Trinajstić information content (AvgIpc) is 2.66. The molecule has 3 rings (SSSR count). The number of nitrogens with zero attached hydrogens (tertiary/aromatic N) is 2. The maximum absolute atomic E-state index is 12.7. The highest BCUT2D eigenvalue weighted by Gasteiger charge is 2.17. The molecular formula is C19H17F2N3O3. The summed E-state index contributed by atoms with van der Waals surface area (Å²) < 4.78 is 28.7. The van der Waals surface area contributed by atoms with Gasteiger partial charge in [-0.05, 0) is 43.3 Å². The summed E-state index contributed by atoms with van der Waals surface area (Å²) >= 11 is 0. The fourth-order valence-corrected chi connectivity index (χ4v) is 2.68. The third kappa shape index (κ3) is 4.28. The predicted octanol–water partition coefficient (Wildman–Crippen LogP) is 3.19. The first-order valence-corrected chi connectivity index (χ1v) is 8.30. The van der Waals surface area contributed by atoms with Gasteiger partial charge in [-0.15, -0.1) is 0 Å². The molecule has 6 nitrogen and oxygen atoms in total. The van der Waals surface area contributed by atoms with Crippen LogP contribution in [0.2, 0.25) is 0 Å². The smallest absolute Gasteiger partial charge is 0.387 e. The van der Waals surface area contributed by atoms with Crippen LogP contribution in [0.3, 0.4) is 0 Å². The van der Waals surface area contributed by atoms with Crippen molar-refractivity contribution in [2.75, 3.05) is 6.54 Å². The summed E-state index contributed by atoms with van der Waals surface area (Å²) in [6, 6.07) is 12.4. The number of benzene rings is 2. The van der Waals surface area contributed by atoms with Crippen molar-refractivity contribution in [3.05, 3.63) is 70.3 Å². The summed E-state index contributed by atoms with van der Waals surface area (Å²) in [5.41, 5.74) is 0.599. The van der Waals surface area contributed by atoms with Gasteiger partial charge in [0.15, 0.2) is 0 Å². The summed E-state index contributed by atoms with van der Waals surface area (Å²) in [5.74, 6) is 0.0357. The highest BCUT2D eigenvalue weighted by Crippen LogP contribution is 2.17. The van der Waals surface area contributed by atoms with Gasteiger partial charge in [0.2, 0.25) is 0 Å². The van der Waals surface area contributed by atoms with Crippen molar-refractivity contribution < 1.29 is 18.3 Å². The molecule has 0 aliphatic heterocycles. The zero-order valence-electron chi connectivity index (χ0n) is 14.5. The van der Waals surface area contributed by atoms with Crippen molar-refractivity contribution in [2.45, 2.75) is 20.1 Å². The number of H-pyrrole nitrogens is 1. The number of para-hydroxylation sites is 1. The number of aromatic nitrogens is 2. The van der Waals surface area contributed by atoms with Crippen molar-refractivity contribution in [3.63, 3.8) is 0 Å². The fraction of sp³-hybridized carbons (Fsp3) is 0.211. The summed E-state index contributed by atoms with van der Waals surface area (Å²) in [6.45, 7) is -0.629. The molecule has 0 atom stereocenters. The lowest BCUT2D eigenvalue weighted by Crippen LogP contribution is -2.32. The van der Waals surface area contributed by atoms with Gasteiger partial charge in [-0.1, -0.05) is 12.1 Å². The van der Waals surface area contributed by atoms with Crippen molar-refractivity contribution in [3.8, 4) is 5.75 Å². The minimum Gasteiger partial charge on any atom is -0.435 e. The second-order valence-electron chi connectivity index (χ2n) is 5.75. The maximum Gasteiger partial charge on any atom is 0.387 e. The van der Waals surface area contributed by atoms with E-state index in [4.69, 9.17) is 0 Å². The molecule has 0 aliphatic carbocycles. The molecule has 0 aliphatic rings. The van der Waals surface area contributed by atoms with Crippen LogP contribution in [-0.2, 0) is 6.54 Å². The molecule has 0 unspecified atom stereocenters. The van der Waals surface area contributed by atoms with Gasteiger partial charge < -0.3 is 14.6 Å². The van der Waals surface area contributed by atoms with E-state index in [1.54, 1.807) is 31.2 Å². The Balaban J connectivity index is 1.80. The summed E-state index contributed by atoms with van der Waals surface area (Å²) in [6.07, 6.45) is 0. The Labute approximate surface area is 153 Å². The molecular weight excluding hydrogens is 356 g/mol. The molecule has 2 aromatic carbocycles. The zero-order chi connectivity index (χ0) is 19.4. The molecule has 1 heterocycles. The maximum atomic E-state index is 12.7. The van der Waals surface area contributed by atoms with Gasteiger partial charge in [0.05, 0.1) is 17.4 Å². The Kier molecular flexibility index (Phi) is 5.44. The number of ether oxygens (including phenoxy) is 1. The largest absolute Gasteiger partial charge is 0.435 e. The lowest BCUT2D eigenvalue weighted by Gasteiger charge is -2.20. The van der Waals surface area contributed by atoms with Crippen LogP contribution in [0.1, 0.15) is 23.1 Å². The van der Waals surface area contributed by atoms with Gasteiger partial charge in [-0.2, -0.15) is 8.78 Å². The van der Waals surface area contributed by atoms with Gasteiger partial charge in [-0.25, -0.2) is 4.98 Å². The number of hydrogen-bond acceptors (Lipinski definition) is 4. The third-order valence-corrected chi connectivity index (χ3v) is 4.00. The van der Waals surface area contributed by atoms with Crippen LogP contribution in [0.25, 0.3) is 10.9 Å². The van der Waals surface area contributed by atoms with Crippen LogP contribution in [-0.4, -0.2) is 33.9 Å². The van der Waals surface area contributed by atoms with E-state index < -0.39 is 6.61 Å². The monoisotopic (exact) mass is 373 g/mol. The lowest BCUT2D eigenvalue weighted by atomic mass is 10.2. The third-order valence-electron chi connectivity index (χ3n) is 4.00. The molecule has 27 heavy (non-hydrogen) atoms. The summed E-state index contributed by atoms with van der Waals surface area (Å²) in [7, 11) is 0. The molecule has 140 valence electrons. The molecule has 1 amide bonds. The second kappa shape index (κ2) is 7.94. The van der Waals surface area contributed by atoms with Crippen LogP contribution in [0.5, 0.6) is 5.75 Å². The number of aromatic amines is 1. The second-order valence-corrected chi connectivity index (χ2v) is 5.75. The number of hydrogen-bond donors (Lipinski definition) is 1. The van der Waals surface area contributed by atoms with Gasteiger partial charge in [-0.3, -0.25) is 9.59 Å². The minimum atomic E-state index is -2.92. The SMILES string of the molecule is CCN(Cc1nc2ccccc2c(=O)[nH]1)C(=O)c1ccc(OC(F)F)cc1. The van der Waals surface area contributed by atoms with E-state index in [1.807, 2.05) is 0 Å². The molecule has 0 saturated heterocycles. The molecule has 3 aromatic rings. The van der Waals surface area contributed by atoms with E-state index in [9.17, 15) is 18.4 Å². The number of nitrogens with one attached hydrogen (secondary N) is 1. The number of halogens is 2. The van der Waals surface area contributed by atoms with Gasteiger partial charge in [0.25, 0.3) is 11.5 Å². The number of alkyl halides is 2. The number of rotatable bonds is 6. The molecule has 1 N–H and O–H groups in total. The van der Waals surface area contributed by atoms with E-state index in [0.29, 0.717) is 28.8 Å². The molecule has 0 bridgehead atoms. The van der Waals surface area contributed by atoms with Crippen LogP contribution in [0, 0.1) is 0 Å². The molecule has 0 spiro atoms. The lowest BCUT2D eigenvalue weighted by molar-refractivity contribution is -0.0498. The van der Waals surface area contributed by atoms with E-state index in [1.165, 1.54) is 29.2 Å². The van der Waals surface area contributed by atoms with Crippen molar-refractivity contribution in [1.82, 2.24) is 14.9 Å². The van der Waals surface area contributed by atoms with Crippen molar-refractivity contribution in [1.29, 1.82) is 0 Å². The van der Waals surface area contributed by atoms with Crippen LogP contribution >= 0.6 is 0 Å². The Morgan fingerprint density at radius 1 is 1.19 bits per heavy atom. The number of amides is 1. The Morgan fingerprint density at radius 3 is 2.56 bits per heavy atom. The van der Waals surface area contributed by atoms with E-state index in [0.717, 1.165) is 0 Å². The van der Waals surface area contributed by atoms with Gasteiger partial charge in [0, 0.05) is 12.1 Å². The van der Waals surface area contributed by atoms with Gasteiger partial charge in [0.1, 0.15) is 11.6 Å². The highest BCUT2D eigenvalue weighted by molar-refractivity contribution is 5.94. The van der Waals surface area contributed by atoms with E-state index >= 15 is 0 Å². The summed E-state index contributed by atoms with van der Waals surface area (Å²) in [4.78, 5) is 33.4. The fourth-order valence-electron chi connectivity index (χ4n) is 2.68. The molecule has 0 fully saturated rings. The van der Waals surface area contributed by atoms with Crippen LogP contribution in [0.4, 0.5) is 8.78 Å². The average molecular weight is 373 g/mol. The highest BCUT2D eigenvalue weighted by atomic mass is 19.3. The van der Waals surface area contributed by atoms with Crippen molar-refractivity contribution in [2.24, 2.45) is 0 Å². The molecule has 0 radical (unpaired) electrons. The Morgan fingerprint density at radius 2 is 1.89 bits per heavy atom. The number of carbonyl (C=O) groups excluding carboxylic acids is 1. The first kappa shape index (κ1) is 18.5. The quantitative estimate of drug-likeness (QED) is 0.720. The topological polar surface area (TPSA) is 75.3 Å². The standard InChI is InChI=1S/C19H17F2N3O3/c1-2-24(18(26)12-7-9-13(10-8-12)27-19(20)21)11-16-22-15-6-4-3-5-14(15)17(25)23-16/h3-10,19H,2,11H2,1H3,(H,22,23,25). The number of carbonyl (C=O) groups is 1. The molecule has 1 aromatic heterocycles. The number of fused-ring (bicyclic) bond motifs is 1. The van der Waals surface area contributed by atoms with E-state index in [-0.39, 0.29) is 23.8 Å². The minimum absolute atomic E-state index is 0.0230. The molecule has 8 heteroatoms. The zero-order valence-corrected chi connectivity index (χ0v) is 14.5.